The highest BCUT2D eigenvalue weighted by Crippen LogP contribution is 2.39. The van der Waals surface area contributed by atoms with E-state index in [1.54, 1.807) is 20.4 Å². The molecule has 1 aliphatic rings. The fourth-order valence-corrected chi connectivity index (χ4v) is 4.00. The van der Waals surface area contributed by atoms with E-state index in [-0.39, 0.29) is 6.17 Å². The van der Waals surface area contributed by atoms with Gasteiger partial charge in [-0.2, -0.15) is 0 Å². The molecule has 0 saturated heterocycles. The molecule has 0 bridgehead atoms. The summed E-state index contributed by atoms with van der Waals surface area (Å²) in [5.74, 6) is 0.743. The predicted octanol–water partition coefficient (Wildman–Crippen LogP) is 4.13. The van der Waals surface area contributed by atoms with Crippen molar-refractivity contribution in [3.8, 4) is 5.75 Å². The summed E-state index contributed by atoms with van der Waals surface area (Å²) in [5, 5.41) is 0.835. The highest BCUT2D eigenvalue weighted by molar-refractivity contribution is 7.70. The average molecular weight is 356 g/mol. The van der Waals surface area contributed by atoms with Gasteiger partial charge in [-0.15, -0.1) is 0 Å². The number of rotatable bonds is 4. The zero-order valence-electron chi connectivity index (χ0n) is 15.2. The molecule has 1 atom stereocenters. The summed E-state index contributed by atoms with van der Waals surface area (Å²) in [6.45, 7) is 6.60. The van der Waals surface area contributed by atoms with Gasteiger partial charge in [0.15, 0.2) is 0 Å². The van der Waals surface area contributed by atoms with E-state index in [0.717, 1.165) is 23.3 Å². The quantitative estimate of drug-likeness (QED) is 0.771. The fourth-order valence-electron chi connectivity index (χ4n) is 3.14. The number of nitrogens with zero attached hydrogens (tertiary/aromatic N) is 2. The molecule has 132 valence electrons. The Morgan fingerprint density at radius 3 is 2.48 bits per heavy atom. The maximum Gasteiger partial charge on any atom is 0.143 e. The van der Waals surface area contributed by atoms with Crippen LogP contribution in [-0.4, -0.2) is 33.1 Å². The molecule has 0 saturated carbocycles. The summed E-state index contributed by atoms with van der Waals surface area (Å²) in [6.07, 6.45) is 4.38. The van der Waals surface area contributed by atoms with Crippen molar-refractivity contribution >= 4 is 23.8 Å². The van der Waals surface area contributed by atoms with Gasteiger partial charge in [-0.1, -0.05) is 18.2 Å². The molecule has 25 heavy (non-hydrogen) atoms. The van der Waals surface area contributed by atoms with Gasteiger partial charge in [0.1, 0.15) is 19.1 Å². The maximum atomic E-state index is 12.4. The minimum absolute atomic E-state index is 0.141. The van der Waals surface area contributed by atoms with Crippen LogP contribution in [0.5, 0.6) is 5.75 Å². The van der Waals surface area contributed by atoms with Crippen LogP contribution in [0.25, 0.3) is 0 Å². The van der Waals surface area contributed by atoms with Crippen LogP contribution in [0, 0.1) is 0 Å². The lowest BCUT2D eigenvalue weighted by atomic mass is 10.2. The Hall–Kier alpha value is -2.19. The van der Waals surface area contributed by atoms with Crippen LogP contribution in [0.4, 0.5) is 11.4 Å². The van der Waals surface area contributed by atoms with Gasteiger partial charge in [0.25, 0.3) is 0 Å². The largest absolute Gasteiger partial charge is 0.495 e. The number of ether oxygens (including phenoxy) is 1. The first-order valence-corrected chi connectivity index (χ1v) is 11.0. The van der Waals surface area contributed by atoms with Crippen LogP contribution in [0.2, 0.25) is 0 Å². The minimum Gasteiger partial charge on any atom is -0.495 e. The van der Waals surface area contributed by atoms with E-state index in [0.29, 0.717) is 0 Å². The normalized spacial score (nSPS) is 17.7. The molecule has 2 aromatic carbocycles. The molecule has 0 fully saturated rings. The summed E-state index contributed by atoms with van der Waals surface area (Å²) in [7, 11) is -0.661. The van der Waals surface area contributed by atoms with Crippen molar-refractivity contribution in [3.05, 3.63) is 60.8 Å². The molecule has 0 N–H and O–H groups in total. The zero-order valence-corrected chi connectivity index (χ0v) is 16.1. The summed E-state index contributed by atoms with van der Waals surface area (Å²) in [6, 6.07) is 16.2. The van der Waals surface area contributed by atoms with Crippen molar-refractivity contribution in [1.29, 1.82) is 0 Å². The summed E-state index contributed by atoms with van der Waals surface area (Å²) < 4.78 is 18.0. The Morgan fingerprint density at radius 1 is 1.12 bits per heavy atom. The lowest BCUT2D eigenvalue weighted by Crippen LogP contribution is -2.47. The van der Waals surface area contributed by atoms with Crippen molar-refractivity contribution in [2.75, 3.05) is 36.8 Å². The van der Waals surface area contributed by atoms with E-state index < -0.39 is 7.14 Å². The third-order valence-corrected chi connectivity index (χ3v) is 6.09. The van der Waals surface area contributed by atoms with Gasteiger partial charge in [0.2, 0.25) is 0 Å². The number of anilines is 2. The van der Waals surface area contributed by atoms with E-state index in [1.807, 2.05) is 24.3 Å². The highest BCUT2D eigenvalue weighted by Gasteiger charge is 2.25. The number of hydrogen-bond donors (Lipinski definition) is 0. The van der Waals surface area contributed by atoms with E-state index in [2.05, 4.69) is 53.3 Å². The van der Waals surface area contributed by atoms with Crippen molar-refractivity contribution in [2.45, 2.75) is 13.1 Å². The minimum atomic E-state index is -2.32. The van der Waals surface area contributed by atoms with E-state index in [4.69, 9.17) is 4.74 Å². The molecule has 2 aromatic rings. The first-order chi connectivity index (χ1) is 11.9. The molecule has 5 heteroatoms. The Bertz CT molecular complexity index is 814. The van der Waals surface area contributed by atoms with Gasteiger partial charge < -0.3 is 19.1 Å². The van der Waals surface area contributed by atoms with Crippen LogP contribution >= 0.6 is 7.14 Å². The Morgan fingerprint density at radius 2 is 1.84 bits per heavy atom. The second-order valence-electron chi connectivity index (χ2n) is 6.62. The Balaban J connectivity index is 1.97. The molecule has 0 amide bonds. The SMILES string of the molecule is COc1cc(P(C)(C)=O)ccc1N1C=CCN(c2ccccc2)C1C. The van der Waals surface area contributed by atoms with Crippen LogP contribution in [-0.2, 0) is 4.57 Å². The summed E-state index contributed by atoms with van der Waals surface area (Å²) >= 11 is 0. The molecular weight excluding hydrogens is 331 g/mol. The van der Waals surface area contributed by atoms with Gasteiger partial charge in [-0.25, -0.2) is 0 Å². The summed E-state index contributed by atoms with van der Waals surface area (Å²) in [5.41, 5.74) is 2.16. The molecule has 0 spiro atoms. The Kier molecular flexibility index (Phi) is 4.91. The third-order valence-electron chi connectivity index (χ3n) is 4.57. The predicted molar refractivity (Wildman–Crippen MR) is 107 cm³/mol. The van der Waals surface area contributed by atoms with Crippen LogP contribution in [0.1, 0.15) is 6.92 Å². The van der Waals surface area contributed by atoms with E-state index in [1.165, 1.54) is 5.69 Å². The molecule has 3 rings (SSSR count). The van der Waals surface area contributed by atoms with Gasteiger partial charge in [-0.05, 0) is 56.7 Å². The van der Waals surface area contributed by atoms with Gasteiger partial charge in [-0.3, -0.25) is 0 Å². The van der Waals surface area contributed by atoms with Gasteiger partial charge in [0.05, 0.1) is 12.8 Å². The molecule has 1 heterocycles. The van der Waals surface area contributed by atoms with Crippen LogP contribution in [0.15, 0.2) is 60.8 Å². The van der Waals surface area contributed by atoms with E-state index >= 15 is 0 Å². The summed E-state index contributed by atoms with van der Waals surface area (Å²) in [4.78, 5) is 4.52. The van der Waals surface area contributed by atoms with E-state index in [9.17, 15) is 4.57 Å². The lowest BCUT2D eigenvalue weighted by molar-refractivity contribution is 0.414. The number of benzene rings is 2. The lowest BCUT2D eigenvalue weighted by Gasteiger charge is -2.41. The van der Waals surface area contributed by atoms with Crippen molar-refractivity contribution in [1.82, 2.24) is 0 Å². The fraction of sp³-hybridized carbons (Fsp3) is 0.300. The van der Waals surface area contributed by atoms with Crippen molar-refractivity contribution < 1.29 is 9.30 Å². The average Bonchev–Trinajstić information content (AvgIpc) is 2.61. The topological polar surface area (TPSA) is 32.8 Å². The third kappa shape index (κ3) is 3.59. The second kappa shape index (κ2) is 6.97. The van der Waals surface area contributed by atoms with Gasteiger partial charge in [0, 0.05) is 23.7 Å². The number of hydrogen-bond acceptors (Lipinski definition) is 4. The second-order valence-corrected chi connectivity index (χ2v) is 9.84. The first-order valence-electron chi connectivity index (χ1n) is 8.42. The standard InChI is InChI=1S/C20H25N2O2P/c1-16-21(17-9-6-5-7-10-17)13-8-14-22(16)19-12-11-18(25(3,4)23)15-20(19)24-2/h5-12,14-16H,13H2,1-4H3. The smallest absolute Gasteiger partial charge is 0.143 e. The molecule has 1 aliphatic heterocycles. The van der Waals surface area contributed by atoms with Crippen LogP contribution in [0.3, 0.4) is 0 Å². The zero-order chi connectivity index (χ0) is 18.0. The van der Waals surface area contributed by atoms with Crippen molar-refractivity contribution in [3.63, 3.8) is 0 Å². The monoisotopic (exact) mass is 356 g/mol. The number of methoxy groups -OCH3 is 1. The maximum absolute atomic E-state index is 12.4. The molecular formula is C20H25N2O2P. The Labute approximate surface area is 150 Å². The molecule has 1 unspecified atom stereocenters. The number of para-hydroxylation sites is 1. The molecule has 0 radical (unpaired) electrons. The molecule has 4 nitrogen and oxygen atoms in total. The molecule has 0 aliphatic carbocycles. The highest BCUT2D eigenvalue weighted by atomic mass is 31.2. The van der Waals surface area contributed by atoms with Gasteiger partial charge >= 0.3 is 0 Å². The molecule has 0 aromatic heterocycles. The van der Waals surface area contributed by atoms with Crippen molar-refractivity contribution in [2.24, 2.45) is 0 Å². The van der Waals surface area contributed by atoms with Crippen LogP contribution < -0.4 is 19.8 Å². The first kappa shape index (κ1) is 17.6.